The largest absolute Gasteiger partial charge is 0.490 e. The Labute approximate surface area is 143 Å². The lowest BCUT2D eigenvalue weighted by Gasteiger charge is -2.15. The molecule has 2 amide bonds. The van der Waals surface area contributed by atoms with Gasteiger partial charge in [0, 0.05) is 25.7 Å². The van der Waals surface area contributed by atoms with Crippen LogP contribution in [-0.2, 0) is 0 Å². The number of benzene rings is 1. The summed E-state index contributed by atoms with van der Waals surface area (Å²) in [6.07, 6.45) is 0.683. The number of nitrogens with zero attached hydrogens (tertiary/aromatic N) is 1. The second-order valence-corrected chi connectivity index (χ2v) is 7.42. The summed E-state index contributed by atoms with van der Waals surface area (Å²) >= 11 is 24.1. The third kappa shape index (κ3) is 4.22. The summed E-state index contributed by atoms with van der Waals surface area (Å²) in [7, 11) is 3.27. The minimum Gasteiger partial charge on any atom is -0.490 e. The SMILES string of the molecule is CN(C)C(=O)Nc1cc(Cl)c(OCC2CC2(Cl)Cl)c(Cl)c1. The molecule has 0 saturated heterocycles. The van der Waals surface area contributed by atoms with Crippen LogP contribution < -0.4 is 10.1 Å². The van der Waals surface area contributed by atoms with Crippen molar-refractivity contribution in [3.05, 3.63) is 22.2 Å². The predicted octanol–water partition coefficient (Wildman–Crippen LogP) is 4.66. The van der Waals surface area contributed by atoms with Gasteiger partial charge < -0.3 is 15.0 Å². The molecule has 1 fully saturated rings. The lowest BCUT2D eigenvalue weighted by atomic mass is 10.3. The molecule has 1 aromatic carbocycles. The van der Waals surface area contributed by atoms with Crippen LogP contribution in [0.4, 0.5) is 10.5 Å². The summed E-state index contributed by atoms with van der Waals surface area (Å²) in [5, 5.41) is 3.28. The number of hydrogen-bond acceptors (Lipinski definition) is 2. The Morgan fingerprint density at radius 1 is 1.38 bits per heavy atom. The van der Waals surface area contributed by atoms with E-state index >= 15 is 0 Å². The molecule has 21 heavy (non-hydrogen) atoms. The number of anilines is 1. The Bertz CT molecular complexity index is 540. The monoisotopic (exact) mass is 370 g/mol. The first kappa shape index (κ1) is 16.8. The van der Waals surface area contributed by atoms with Crippen molar-refractivity contribution in [1.29, 1.82) is 0 Å². The standard InChI is InChI=1S/C13H14Cl4N2O2/c1-19(2)12(20)18-8-3-9(14)11(10(15)4-8)21-6-7-5-13(7,16)17/h3-4,7H,5-6H2,1-2H3,(H,18,20). The number of rotatable bonds is 4. The highest BCUT2D eigenvalue weighted by molar-refractivity contribution is 6.50. The Morgan fingerprint density at radius 2 is 1.90 bits per heavy atom. The minimum absolute atomic E-state index is 0.0705. The molecular formula is C13H14Cl4N2O2. The highest BCUT2D eigenvalue weighted by atomic mass is 35.5. The maximum atomic E-state index is 11.6. The molecule has 1 aliphatic carbocycles. The van der Waals surface area contributed by atoms with Gasteiger partial charge in [0.05, 0.1) is 16.7 Å². The fourth-order valence-electron chi connectivity index (χ4n) is 1.64. The Kier molecular flexibility index (Phi) is 5.03. The quantitative estimate of drug-likeness (QED) is 0.782. The van der Waals surface area contributed by atoms with E-state index in [-0.39, 0.29) is 11.9 Å². The van der Waals surface area contributed by atoms with Crippen molar-refractivity contribution < 1.29 is 9.53 Å². The molecule has 0 spiro atoms. The molecule has 0 aromatic heterocycles. The van der Waals surface area contributed by atoms with Crippen molar-refractivity contribution >= 4 is 58.1 Å². The van der Waals surface area contributed by atoms with Gasteiger partial charge >= 0.3 is 6.03 Å². The van der Waals surface area contributed by atoms with Crippen LogP contribution in [0, 0.1) is 5.92 Å². The van der Waals surface area contributed by atoms with Crippen LogP contribution in [0.1, 0.15) is 6.42 Å². The number of carbonyl (C=O) groups is 1. The molecule has 1 saturated carbocycles. The van der Waals surface area contributed by atoms with Crippen LogP contribution in [0.2, 0.25) is 10.0 Å². The first-order valence-electron chi connectivity index (χ1n) is 6.18. The lowest BCUT2D eigenvalue weighted by molar-refractivity contribution is 0.230. The van der Waals surface area contributed by atoms with Crippen LogP contribution in [0.15, 0.2) is 12.1 Å². The fourth-order valence-corrected chi connectivity index (χ4v) is 2.73. The molecule has 1 N–H and O–H groups in total. The van der Waals surface area contributed by atoms with Crippen molar-refractivity contribution in [3.8, 4) is 5.75 Å². The van der Waals surface area contributed by atoms with Gasteiger partial charge in [-0.25, -0.2) is 4.79 Å². The molecule has 1 aromatic rings. The molecule has 2 rings (SSSR count). The number of alkyl halides is 2. The third-order valence-electron chi connectivity index (χ3n) is 3.04. The van der Waals surface area contributed by atoms with Gasteiger partial charge in [0.15, 0.2) is 5.75 Å². The second kappa shape index (κ2) is 6.29. The van der Waals surface area contributed by atoms with E-state index in [9.17, 15) is 4.79 Å². The molecule has 0 heterocycles. The Hall–Kier alpha value is -0.550. The van der Waals surface area contributed by atoms with Gasteiger partial charge in [-0.1, -0.05) is 23.2 Å². The van der Waals surface area contributed by atoms with Crippen LogP contribution in [0.3, 0.4) is 0 Å². The number of nitrogens with one attached hydrogen (secondary N) is 1. The number of ether oxygens (including phenoxy) is 1. The molecule has 1 aliphatic rings. The van der Waals surface area contributed by atoms with Crippen molar-refractivity contribution in [2.24, 2.45) is 5.92 Å². The highest BCUT2D eigenvalue weighted by Crippen LogP contribution is 2.53. The van der Waals surface area contributed by atoms with E-state index in [0.717, 1.165) is 0 Å². The molecule has 1 atom stereocenters. The first-order chi connectivity index (χ1) is 9.70. The zero-order valence-electron chi connectivity index (χ0n) is 11.4. The molecule has 4 nitrogen and oxygen atoms in total. The van der Waals surface area contributed by atoms with E-state index < -0.39 is 4.33 Å². The van der Waals surface area contributed by atoms with E-state index in [0.29, 0.717) is 34.5 Å². The average Bonchev–Trinajstić information content (AvgIpc) is 2.95. The van der Waals surface area contributed by atoms with Gasteiger partial charge in [-0.3, -0.25) is 0 Å². The highest BCUT2D eigenvalue weighted by Gasteiger charge is 2.52. The van der Waals surface area contributed by atoms with Crippen LogP contribution in [0.5, 0.6) is 5.75 Å². The van der Waals surface area contributed by atoms with Gasteiger partial charge in [0.2, 0.25) is 0 Å². The molecular weight excluding hydrogens is 358 g/mol. The molecule has 116 valence electrons. The van der Waals surface area contributed by atoms with Gasteiger partial charge in [0.25, 0.3) is 0 Å². The van der Waals surface area contributed by atoms with E-state index in [2.05, 4.69) is 5.32 Å². The number of urea groups is 1. The second-order valence-electron chi connectivity index (χ2n) is 5.07. The number of halogens is 4. The number of hydrogen-bond donors (Lipinski definition) is 1. The predicted molar refractivity (Wildman–Crippen MR) is 87.2 cm³/mol. The summed E-state index contributed by atoms with van der Waals surface area (Å²) in [4.78, 5) is 13.0. The normalized spacial score (nSPS) is 19.0. The molecule has 0 aliphatic heterocycles. The van der Waals surface area contributed by atoms with E-state index in [1.165, 1.54) is 4.90 Å². The summed E-state index contributed by atoms with van der Waals surface area (Å²) in [6.45, 7) is 0.343. The van der Waals surface area contributed by atoms with Crippen LogP contribution in [-0.4, -0.2) is 36.0 Å². The number of amides is 2. The van der Waals surface area contributed by atoms with E-state index in [4.69, 9.17) is 51.1 Å². The van der Waals surface area contributed by atoms with Gasteiger partial charge in [-0.05, 0) is 18.6 Å². The maximum absolute atomic E-state index is 11.6. The van der Waals surface area contributed by atoms with Crippen molar-refractivity contribution in [1.82, 2.24) is 4.90 Å². The average molecular weight is 372 g/mol. The van der Waals surface area contributed by atoms with Gasteiger partial charge in [0.1, 0.15) is 4.33 Å². The van der Waals surface area contributed by atoms with E-state index in [1.807, 2.05) is 0 Å². The summed E-state index contributed by atoms with van der Waals surface area (Å²) in [6, 6.07) is 2.88. The Balaban J connectivity index is 2.05. The summed E-state index contributed by atoms with van der Waals surface area (Å²) < 4.78 is 4.87. The third-order valence-corrected chi connectivity index (χ3v) is 4.53. The zero-order chi connectivity index (χ0) is 15.8. The van der Waals surface area contributed by atoms with Crippen molar-refractivity contribution in [2.45, 2.75) is 10.8 Å². The number of carbonyl (C=O) groups excluding carboxylic acids is 1. The molecule has 8 heteroatoms. The summed E-state index contributed by atoms with van der Waals surface area (Å²) in [5.41, 5.74) is 0.492. The van der Waals surface area contributed by atoms with Crippen LogP contribution in [0.25, 0.3) is 0 Å². The smallest absolute Gasteiger partial charge is 0.321 e. The minimum atomic E-state index is -0.710. The maximum Gasteiger partial charge on any atom is 0.321 e. The lowest BCUT2D eigenvalue weighted by Crippen LogP contribution is -2.27. The van der Waals surface area contributed by atoms with E-state index in [1.54, 1.807) is 26.2 Å². The molecule has 0 bridgehead atoms. The topological polar surface area (TPSA) is 41.6 Å². The Morgan fingerprint density at radius 3 is 2.33 bits per heavy atom. The fraction of sp³-hybridized carbons (Fsp3) is 0.462. The molecule has 1 unspecified atom stereocenters. The van der Waals surface area contributed by atoms with Crippen molar-refractivity contribution in [3.63, 3.8) is 0 Å². The zero-order valence-corrected chi connectivity index (χ0v) is 14.4. The summed E-state index contributed by atoms with van der Waals surface area (Å²) in [5.74, 6) is 0.429. The molecule has 0 radical (unpaired) electrons. The van der Waals surface area contributed by atoms with Crippen molar-refractivity contribution in [2.75, 3.05) is 26.0 Å². The van der Waals surface area contributed by atoms with Crippen LogP contribution >= 0.6 is 46.4 Å². The van der Waals surface area contributed by atoms with Gasteiger partial charge in [-0.2, -0.15) is 0 Å². The van der Waals surface area contributed by atoms with Gasteiger partial charge in [-0.15, -0.1) is 23.2 Å². The first-order valence-corrected chi connectivity index (χ1v) is 7.70.